The molecule has 0 spiro atoms. The highest BCUT2D eigenvalue weighted by Gasteiger charge is 2.50. The van der Waals surface area contributed by atoms with Crippen LogP contribution in [0.15, 0.2) is 36.8 Å². The summed E-state index contributed by atoms with van der Waals surface area (Å²) in [7, 11) is 0. The number of aromatic nitrogens is 3. The number of halogens is 1. The van der Waals surface area contributed by atoms with E-state index >= 15 is 0 Å². The quantitative estimate of drug-likeness (QED) is 0.701. The Labute approximate surface area is 160 Å². The normalized spacial score (nSPS) is 30.1. The Morgan fingerprint density at radius 1 is 1.19 bits per heavy atom. The molecule has 0 bridgehead atoms. The first-order valence-corrected chi connectivity index (χ1v) is 9.12. The van der Waals surface area contributed by atoms with Crippen LogP contribution in [0, 0.1) is 6.92 Å². The van der Waals surface area contributed by atoms with E-state index < -0.39 is 30.6 Å². The summed E-state index contributed by atoms with van der Waals surface area (Å²) < 4.78 is 13.7. The van der Waals surface area contributed by atoms with Crippen LogP contribution >= 0.6 is 11.6 Å². The second-order valence-corrected chi connectivity index (χ2v) is 7.34. The molecular weight excluding hydrogens is 370 g/mol. The minimum Gasteiger partial charge on any atom is -0.387 e. The maximum atomic E-state index is 10.7. The fourth-order valence-electron chi connectivity index (χ4n) is 4.00. The van der Waals surface area contributed by atoms with Gasteiger partial charge in [-0.15, -0.1) is 0 Å². The van der Waals surface area contributed by atoms with Crippen LogP contribution in [0.5, 0.6) is 0 Å². The molecule has 0 unspecified atom stereocenters. The van der Waals surface area contributed by atoms with Crippen molar-refractivity contribution in [1.29, 1.82) is 0 Å². The van der Waals surface area contributed by atoms with Crippen LogP contribution < -0.4 is 0 Å². The van der Waals surface area contributed by atoms with Gasteiger partial charge in [0.2, 0.25) is 0 Å². The Morgan fingerprint density at radius 2 is 2.04 bits per heavy atom. The zero-order chi connectivity index (χ0) is 18.7. The van der Waals surface area contributed by atoms with Crippen molar-refractivity contribution in [2.75, 3.05) is 0 Å². The molecule has 4 heterocycles. The number of rotatable bonds is 2. The molecule has 27 heavy (non-hydrogen) atoms. The van der Waals surface area contributed by atoms with Crippen LogP contribution in [-0.2, 0) is 16.1 Å². The Morgan fingerprint density at radius 3 is 2.89 bits per heavy atom. The molecule has 8 heteroatoms. The summed E-state index contributed by atoms with van der Waals surface area (Å²) in [5, 5.41) is 22.8. The number of benzene rings is 1. The lowest BCUT2D eigenvalue weighted by molar-refractivity contribution is -0.104. The van der Waals surface area contributed by atoms with Gasteiger partial charge in [-0.1, -0.05) is 23.7 Å². The number of nitrogens with zero attached hydrogens (tertiary/aromatic N) is 3. The molecule has 0 aliphatic carbocycles. The molecule has 0 amide bonds. The highest BCUT2D eigenvalue weighted by atomic mass is 35.5. The van der Waals surface area contributed by atoms with E-state index in [0.29, 0.717) is 17.3 Å². The minimum atomic E-state index is -1.12. The van der Waals surface area contributed by atoms with Gasteiger partial charge in [0.25, 0.3) is 0 Å². The monoisotopic (exact) mass is 387 g/mol. The second-order valence-electron chi connectivity index (χ2n) is 6.93. The number of aryl methyl sites for hydroxylation is 1. The zero-order valence-corrected chi connectivity index (χ0v) is 15.2. The third-order valence-corrected chi connectivity index (χ3v) is 5.78. The van der Waals surface area contributed by atoms with Gasteiger partial charge in [0.1, 0.15) is 36.4 Å². The second kappa shape index (κ2) is 6.25. The zero-order valence-electron chi connectivity index (χ0n) is 14.5. The Hall–Kier alpha value is -2.03. The predicted molar refractivity (Wildman–Crippen MR) is 97.2 cm³/mol. The lowest BCUT2D eigenvalue weighted by Crippen LogP contribution is -2.34. The summed E-state index contributed by atoms with van der Waals surface area (Å²) in [6.07, 6.45) is -0.949. The van der Waals surface area contributed by atoms with E-state index in [-0.39, 0.29) is 0 Å². The van der Waals surface area contributed by atoms with Crippen molar-refractivity contribution in [3.63, 3.8) is 0 Å². The SMILES string of the molecule is Cc1ncnc2c1ccn2[C@@H]1O[C@H]([C@@H]2OCc3c(Cl)cccc32)[C@@H](O)[C@H]1O. The molecule has 2 N–H and O–H groups in total. The lowest BCUT2D eigenvalue weighted by atomic mass is 9.97. The van der Waals surface area contributed by atoms with Gasteiger partial charge in [-0.2, -0.15) is 0 Å². The predicted octanol–water partition coefficient (Wildman–Crippen LogP) is 2.28. The first-order valence-electron chi connectivity index (χ1n) is 8.75. The minimum absolute atomic E-state index is 0.353. The molecule has 0 saturated carbocycles. The van der Waals surface area contributed by atoms with E-state index in [1.165, 1.54) is 6.33 Å². The van der Waals surface area contributed by atoms with Crippen LogP contribution in [0.3, 0.4) is 0 Å². The third kappa shape index (κ3) is 2.50. The van der Waals surface area contributed by atoms with Crippen LogP contribution in [0.25, 0.3) is 11.0 Å². The number of aliphatic hydroxyl groups is 2. The van der Waals surface area contributed by atoms with Gasteiger partial charge in [0.15, 0.2) is 6.23 Å². The number of aliphatic hydroxyl groups excluding tert-OH is 2. The first-order chi connectivity index (χ1) is 13.1. The van der Waals surface area contributed by atoms with E-state index in [1.807, 2.05) is 31.2 Å². The lowest BCUT2D eigenvalue weighted by Gasteiger charge is -2.22. The van der Waals surface area contributed by atoms with Crippen molar-refractivity contribution in [3.05, 3.63) is 58.6 Å². The molecule has 0 radical (unpaired) electrons. The molecular formula is C19H18ClN3O4. The van der Waals surface area contributed by atoms with Gasteiger partial charge in [0.05, 0.1) is 12.3 Å². The number of fused-ring (bicyclic) bond motifs is 2. The molecule has 7 nitrogen and oxygen atoms in total. The molecule has 2 aliphatic heterocycles. The molecule has 5 atom stereocenters. The fourth-order valence-corrected chi connectivity index (χ4v) is 4.23. The number of ether oxygens (including phenoxy) is 2. The summed E-state index contributed by atoms with van der Waals surface area (Å²) in [6.45, 7) is 2.25. The Bertz CT molecular complexity index is 1020. The van der Waals surface area contributed by atoms with Crippen molar-refractivity contribution in [2.24, 2.45) is 0 Å². The highest BCUT2D eigenvalue weighted by Crippen LogP contribution is 2.44. The molecule has 1 aromatic carbocycles. The summed E-state index contributed by atoms with van der Waals surface area (Å²) in [5.41, 5.74) is 3.27. The molecule has 140 valence electrons. The highest BCUT2D eigenvalue weighted by molar-refractivity contribution is 6.31. The van der Waals surface area contributed by atoms with E-state index in [4.69, 9.17) is 21.1 Å². The van der Waals surface area contributed by atoms with E-state index in [0.717, 1.165) is 22.2 Å². The van der Waals surface area contributed by atoms with Gasteiger partial charge in [-0.25, -0.2) is 9.97 Å². The average Bonchev–Trinajstić information content (AvgIpc) is 3.34. The van der Waals surface area contributed by atoms with Gasteiger partial charge in [-0.3, -0.25) is 0 Å². The van der Waals surface area contributed by atoms with Crippen molar-refractivity contribution >= 4 is 22.6 Å². The molecule has 5 rings (SSSR count). The van der Waals surface area contributed by atoms with Crippen molar-refractivity contribution in [1.82, 2.24) is 14.5 Å². The van der Waals surface area contributed by atoms with Crippen LogP contribution in [-0.4, -0.2) is 43.1 Å². The standard InChI is InChI=1S/C19H18ClN3O4/c1-9-10-5-6-23(18(10)22-8-21-9)19-15(25)14(24)17(27-19)16-11-3-2-4-13(20)12(11)7-26-16/h2-6,8,14-17,19,24-25H,7H2,1H3/t14-,15+,16+,17-,19+/m0/s1. The van der Waals surface area contributed by atoms with Crippen LogP contribution in [0.1, 0.15) is 29.2 Å². The number of hydrogen-bond donors (Lipinski definition) is 2. The van der Waals surface area contributed by atoms with Gasteiger partial charge < -0.3 is 24.3 Å². The van der Waals surface area contributed by atoms with E-state index in [2.05, 4.69) is 9.97 Å². The van der Waals surface area contributed by atoms with Gasteiger partial charge >= 0.3 is 0 Å². The van der Waals surface area contributed by atoms with Crippen LogP contribution in [0.2, 0.25) is 5.02 Å². The van der Waals surface area contributed by atoms with Crippen molar-refractivity contribution < 1.29 is 19.7 Å². The number of hydrogen-bond acceptors (Lipinski definition) is 6. The Kier molecular flexibility index (Phi) is 3.96. The topological polar surface area (TPSA) is 89.6 Å². The Balaban J connectivity index is 1.50. The molecule has 3 aromatic rings. The van der Waals surface area contributed by atoms with Gasteiger partial charge in [0, 0.05) is 22.2 Å². The summed E-state index contributed by atoms with van der Waals surface area (Å²) in [5.74, 6) is 0. The third-order valence-electron chi connectivity index (χ3n) is 5.43. The maximum absolute atomic E-state index is 10.7. The molecule has 1 saturated heterocycles. The van der Waals surface area contributed by atoms with Crippen molar-refractivity contribution in [3.8, 4) is 0 Å². The fraction of sp³-hybridized carbons (Fsp3) is 0.368. The summed E-state index contributed by atoms with van der Waals surface area (Å²) in [6, 6.07) is 7.44. The summed E-state index contributed by atoms with van der Waals surface area (Å²) >= 11 is 6.25. The molecule has 2 aromatic heterocycles. The van der Waals surface area contributed by atoms with Gasteiger partial charge in [-0.05, 0) is 24.6 Å². The summed E-state index contributed by atoms with van der Waals surface area (Å²) in [4.78, 5) is 8.49. The molecule has 2 aliphatic rings. The average molecular weight is 388 g/mol. The maximum Gasteiger partial charge on any atom is 0.164 e. The van der Waals surface area contributed by atoms with Crippen molar-refractivity contribution in [2.45, 2.75) is 44.2 Å². The van der Waals surface area contributed by atoms with E-state index in [9.17, 15) is 10.2 Å². The largest absolute Gasteiger partial charge is 0.387 e. The smallest absolute Gasteiger partial charge is 0.164 e. The van der Waals surface area contributed by atoms with Crippen LogP contribution in [0.4, 0.5) is 0 Å². The van der Waals surface area contributed by atoms with E-state index in [1.54, 1.807) is 10.8 Å². The molecule has 1 fully saturated rings. The first kappa shape index (κ1) is 17.1.